The average Bonchev–Trinajstić information content (AvgIpc) is 2.26. The molecular weight excluding hydrogens is 184 g/mol. The molecule has 0 fully saturated rings. The molecule has 15 heavy (non-hydrogen) atoms. The van der Waals surface area contributed by atoms with E-state index in [4.69, 9.17) is 0 Å². The highest BCUT2D eigenvalue weighted by Gasteiger charge is 2.22. The highest BCUT2D eigenvalue weighted by molar-refractivity contribution is 5.20. The summed E-state index contributed by atoms with van der Waals surface area (Å²) in [6.07, 6.45) is 1.94. The van der Waals surface area contributed by atoms with E-state index in [2.05, 4.69) is 32.9 Å². The summed E-state index contributed by atoms with van der Waals surface area (Å²) in [6.45, 7) is 6.33. The molecule has 0 aliphatic rings. The van der Waals surface area contributed by atoms with Crippen LogP contribution in [-0.4, -0.2) is 11.2 Å². The third-order valence-corrected chi connectivity index (χ3v) is 2.92. The van der Waals surface area contributed by atoms with Crippen molar-refractivity contribution < 1.29 is 5.11 Å². The van der Waals surface area contributed by atoms with Gasteiger partial charge in [0.25, 0.3) is 0 Å². The fourth-order valence-corrected chi connectivity index (χ4v) is 2.01. The van der Waals surface area contributed by atoms with E-state index in [0.717, 1.165) is 12.8 Å². The molecule has 0 bridgehead atoms. The number of aliphatic hydroxyl groups is 1. The zero-order valence-corrected chi connectivity index (χ0v) is 9.98. The first-order chi connectivity index (χ1) is 7.16. The van der Waals surface area contributed by atoms with Gasteiger partial charge < -0.3 is 5.11 Å². The van der Waals surface area contributed by atoms with E-state index in [9.17, 15) is 5.11 Å². The first-order valence-corrected chi connectivity index (χ1v) is 5.89. The highest BCUT2D eigenvalue weighted by atomic mass is 16.3. The van der Waals surface area contributed by atoms with Crippen LogP contribution in [-0.2, 0) is 0 Å². The Hall–Kier alpha value is -0.820. The van der Waals surface area contributed by atoms with Crippen LogP contribution in [0.5, 0.6) is 0 Å². The van der Waals surface area contributed by atoms with Crippen LogP contribution in [0.15, 0.2) is 30.3 Å². The lowest BCUT2D eigenvalue weighted by atomic mass is 9.84. The SMILES string of the molecule is CCCC(c1ccccc1)C(O)C(C)C. The molecule has 1 N–H and O–H groups in total. The largest absolute Gasteiger partial charge is 0.392 e. The van der Waals surface area contributed by atoms with Gasteiger partial charge in [-0.15, -0.1) is 0 Å². The molecule has 0 heterocycles. The minimum Gasteiger partial charge on any atom is -0.392 e. The van der Waals surface area contributed by atoms with E-state index in [1.807, 2.05) is 18.2 Å². The third-order valence-electron chi connectivity index (χ3n) is 2.92. The van der Waals surface area contributed by atoms with E-state index in [1.54, 1.807) is 0 Å². The summed E-state index contributed by atoms with van der Waals surface area (Å²) in [5, 5.41) is 10.2. The molecule has 2 unspecified atom stereocenters. The van der Waals surface area contributed by atoms with Crippen molar-refractivity contribution in [1.29, 1.82) is 0 Å². The Bertz CT molecular complexity index is 266. The maximum absolute atomic E-state index is 10.2. The first-order valence-electron chi connectivity index (χ1n) is 5.89. The first kappa shape index (κ1) is 12.3. The van der Waals surface area contributed by atoms with Crippen molar-refractivity contribution in [3.05, 3.63) is 35.9 Å². The standard InChI is InChI=1S/C14H22O/c1-4-8-13(14(15)11(2)3)12-9-6-5-7-10-12/h5-7,9-11,13-15H,4,8H2,1-3H3. The molecule has 0 aromatic heterocycles. The summed E-state index contributed by atoms with van der Waals surface area (Å²) < 4.78 is 0. The molecule has 2 atom stereocenters. The predicted octanol–water partition coefficient (Wildman–Crippen LogP) is 3.59. The Morgan fingerprint density at radius 3 is 2.20 bits per heavy atom. The van der Waals surface area contributed by atoms with Crippen molar-refractivity contribution in [1.82, 2.24) is 0 Å². The van der Waals surface area contributed by atoms with Gasteiger partial charge in [0.05, 0.1) is 6.10 Å². The summed E-state index contributed by atoms with van der Waals surface area (Å²) in [6, 6.07) is 10.3. The fraction of sp³-hybridized carbons (Fsp3) is 0.571. The second-order valence-electron chi connectivity index (χ2n) is 4.54. The lowest BCUT2D eigenvalue weighted by molar-refractivity contribution is 0.0922. The van der Waals surface area contributed by atoms with Gasteiger partial charge in [0, 0.05) is 5.92 Å². The molecule has 0 aliphatic carbocycles. The van der Waals surface area contributed by atoms with Crippen LogP contribution in [0, 0.1) is 5.92 Å². The fourth-order valence-electron chi connectivity index (χ4n) is 2.01. The van der Waals surface area contributed by atoms with Gasteiger partial charge in [-0.05, 0) is 17.9 Å². The van der Waals surface area contributed by atoms with Gasteiger partial charge >= 0.3 is 0 Å². The van der Waals surface area contributed by atoms with Crippen molar-refractivity contribution in [2.24, 2.45) is 5.92 Å². The zero-order valence-electron chi connectivity index (χ0n) is 9.98. The Morgan fingerprint density at radius 2 is 1.73 bits per heavy atom. The third kappa shape index (κ3) is 3.35. The smallest absolute Gasteiger partial charge is 0.0631 e. The van der Waals surface area contributed by atoms with Crippen LogP contribution in [0.25, 0.3) is 0 Å². The van der Waals surface area contributed by atoms with Gasteiger partial charge in [-0.1, -0.05) is 57.5 Å². The minimum absolute atomic E-state index is 0.229. The lowest BCUT2D eigenvalue weighted by Gasteiger charge is -2.25. The van der Waals surface area contributed by atoms with E-state index < -0.39 is 0 Å². The Balaban J connectivity index is 2.83. The van der Waals surface area contributed by atoms with Crippen LogP contribution >= 0.6 is 0 Å². The molecule has 1 nitrogen and oxygen atoms in total. The van der Waals surface area contributed by atoms with Gasteiger partial charge in [-0.3, -0.25) is 0 Å². The highest BCUT2D eigenvalue weighted by Crippen LogP contribution is 2.28. The van der Waals surface area contributed by atoms with Gasteiger partial charge in [0.15, 0.2) is 0 Å². The molecule has 84 valence electrons. The summed E-state index contributed by atoms with van der Waals surface area (Å²) in [7, 11) is 0. The van der Waals surface area contributed by atoms with Crippen LogP contribution in [0.4, 0.5) is 0 Å². The predicted molar refractivity (Wildman–Crippen MR) is 64.9 cm³/mol. The van der Waals surface area contributed by atoms with E-state index in [-0.39, 0.29) is 12.0 Å². The second kappa shape index (κ2) is 5.92. The number of hydrogen-bond acceptors (Lipinski definition) is 1. The van der Waals surface area contributed by atoms with Gasteiger partial charge in [-0.25, -0.2) is 0 Å². The van der Waals surface area contributed by atoms with Gasteiger partial charge in [0.1, 0.15) is 0 Å². The number of benzene rings is 1. The van der Waals surface area contributed by atoms with Crippen LogP contribution in [0.1, 0.15) is 45.1 Å². The summed E-state index contributed by atoms with van der Waals surface area (Å²) in [5.41, 5.74) is 1.26. The molecule has 0 amide bonds. The molecule has 0 radical (unpaired) electrons. The maximum Gasteiger partial charge on any atom is 0.0631 e. The molecule has 1 rings (SSSR count). The molecular formula is C14H22O. The Kier molecular flexibility index (Phi) is 4.83. The van der Waals surface area contributed by atoms with Crippen LogP contribution in [0.3, 0.4) is 0 Å². The lowest BCUT2D eigenvalue weighted by Crippen LogP contribution is -2.24. The Morgan fingerprint density at radius 1 is 1.13 bits per heavy atom. The number of rotatable bonds is 5. The summed E-state index contributed by atoms with van der Waals surface area (Å²) in [5.74, 6) is 0.609. The van der Waals surface area contributed by atoms with Crippen molar-refractivity contribution in [3.8, 4) is 0 Å². The van der Waals surface area contributed by atoms with Crippen molar-refractivity contribution >= 4 is 0 Å². The van der Waals surface area contributed by atoms with Crippen LogP contribution < -0.4 is 0 Å². The molecule has 0 saturated heterocycles. The van der Waals surface area contributed by atoms with E-state index >= 15 is 0 Å². The molecule has 1 heteroatoms. The number of hydrogen-bond donors (Lipinski definition) is 1. The topological polar surface area (TPSA) is 20.2 Å². The minimum atomic E-state index is -0.229. The zero-order chi connectivity index (χ0) is 11.3. The van der Waals surface area contributed by atoms with Gasteiger partial charge in [-0.2, -0.15) is 0 Å². The quantitative estimate of drug-likeness (QED) is 0.780. The Labute approximate surface area is 93.1 Å². The maximum atomic E-state index is 10.2. The van der Waals surface area contributed by atoms with E-state index in [0.29, 0.717) is 5.92 Å². The molecule has 0 spiro atoms. The van der Waals surface area contributed by atoms with Crippen LogP contribution in [0.2, 0.25) is 0 Å². The molecule has 1 aromatic carbocycles. The number of aliphatic hydroxyl groups excluding tert-OH is 1. The van der Waals surface area contributed by atoms with E-state index in [1.165, 1.54) is 5.56 Å². The van der Waals surface area contributed by atoms with Crippen molar-refractivity contribution in [3.63, 3.8) is 0 Å². The second-order valence-corrected chi connectivity index (χ2v) is 4.54. The molecule has 0 saturated carbocycles. The normalized spacial score (nSPS) is 15.3. The van der Waals surface area contributed by atoms with Crippen molar-refractivity contribution in [2.45, 2.75) is 45.6 Å². The summed E-state index contributed by atoms with van der Waals surface area (Å²) in [4.78, 5) is 0. The van der Waals surface area contributed by atoms with Gasteiger partial charge in [0.2, 0.25) is 0 Å². The molecule has 0 aliphatic heterocycles. The summed E-state index contributed by atoms with van der Waals surface area (Å²) >= 11 is 0. The van der Waals surface area contributed by atoms with Crippen molar-refractivity contribution in [2.75, 3.05) is 0 Å². The molecule has 1 aromatic rings. The average molecular weight is 206 g/mol. The monoisotopic (exact) mass is 206 g/mol.